The van der Waals surface area contributed by atoms with Crippen molar-refractivity contribution in [2.24, 2.45) is 0 Å². The summed E-state index contributed by atoms with van der Waals surface area (Å²) in [5.41, 5.74) is 0. The molecule has 2 N–H and O–H groups in total. The molecule has 1 saturated heterocycles. The number of aliphatic hydroxyl groups is 2. The van der Waals surface area contributed by atoms with E-state index in [9.17, 15) is 9.59 Å². The molecule has 1 aliphatic heterocycles. The van der Waals surface area contributed by atoms with Crippen molar-refractivity contribution in [1.29, 1.82) is 0 Å². The second-order valence-corrected chi connectivity index (χ2v) is 7.21. The molecule has 0 aromatic heterocycles. The van der Waals surface area contributed by atoms with Gasteiger partial charge in [-0.2, -0.15) is 0 Å². The molecule has 6 nitrogen and oxygen atoms in total. The van der Waals surface area contributed by atoms with E-state index in [1.165, 1.54) is 25.7 Å². The number of carbonyl (C=O) groups excluding carboxylic acids is 2. The molecule has 0 aromatic rings. The first kappa shape index (κ1) is 23.8. The van der Waals surface area contributed by atoms with Gasteiger partial charge in [-0.15, -0.1) is 0 Å². The molecule has 27 heavy (non-hydrogen) atoms. The minimum absolute atomic E-state index is 0.155. The molecule has 3 atom stereocenters. The van der Waals surface area contributed by atoms with Crippen LogP contribution in [0, 0.1) is 0 Å². The van der Waals surface area contributed by atoms with Gasteiger partial charge < -0.3 is 19.7 Å². The monoisotopic (exact) mass is 384 g/mol. The van der Waals surface area contributed by atoms with Gasteiger partial charge >= 0.3 is 11.9 Å². The van der Waals surface area contributed by atoms with E-state index in [2.05, 4.69) is 23.8 Å². The normalized spacial score (nSPS) is 20.0. The molecule has 6 heteroatoms. The van der Waals surface area contributed by atoms with Crippen molar-refractivity contribution in [3.05, 3.63) is 12.2 Å². The van der Waals surface area contributed by atoms with Crippen LogP contribution in [-0.4, -0.2) is 47.1 Å². The molecule has 0 aromatic carbocycles. The fourth-order valence-corrected chi connectivity index (χ4v) is 2.95. The highest BCUT2D eigenvalue weighted by Gasteiger charge is 2.36. The van der Waals surface area contributed by atoms with Crippen LogP contribution in [-0.2, 0) is 19.1 Å². The summed E-state index contributed by atoms with van der Waals surface area (Å²) < 4.78 is 10.1. The van der Waals surface area contributed by atoms with E-state index in [0.29, 0.717) is 18.6 Å². The SMILES string of the molecule is CCCCC/C=C\CC1OC1CCCCCCCC(=O)OC(=O)C(O)CO. The average Bonchev–Trinajstić information content (AvgIpc) is 3.41. The summed E-state index contributed by atoms with van der Waals surface area (Å²) in [6.45, 7) is 1.47. The molecule has 1 aliphatic rings. The van der Waals surface area contributed by atoms with Crippen LogP contribution in [0.2, 0.25) is 0 Å². The van der Waals surface area contributed by atoms with E-state index < -0.39 is 24.6 Å². The van der Waals surface area contributed by atoms with Crippen LogP contribution in [0.3, 0.4) is 0 Å². The summed E-state index contributed by atoms with van der Waals surface area (Å²) in [5.74, 6) is -1.73. The minimum Gasteiger partial charge on any atom is -0.393 e. The lowest BCUT2D eigenvalue weighted by molar-refractivity contribution is -0.167. The highest BCUT2D eigenvalue weighted by molar-refractivity contribution is 5.87. The molecular weight excluding hydrogens is 348 g/mol. The van der Waals surface area contributed by atoms with Crippen molar-refractivity contribution in [2.75, 3.05) is 6.61 Å². The number of esters is 2. The summed E-state index contributed by atoms with van der Waals surface area (Å²) in [6.07, 6.45) is 15.9. The van der Waals surface area contributed by atoms with Crippen molar-refractivity contribution >= 4 is 11.9 Å². The molecule has 0 bridgehead atoms. The van der Waals surface area contributed by atoms with E-state index in [1.54, 1.807) is 0 Å². The van der Waals surface area contributed by atoms with Crippen molar-refractivity contribution in [3.63, 3.8) is 0 Å². The van der Waals surface area contributed by atoms with Gasteiger partial charge in [-0.25, -0.2) is 4.79 Å². The van der Waals surface area contributed by atoms with Gasteiger partial charge in [-0.3, -0.25) is 4.79 Å². The van der Waals surface area contributed by atoms with Crippen molar-refractivity contribution < 1.29 is 29.3 Å². The van der Waals surface area contributed by atoms with Gasteiger partial charge in [0.2, 0.25) is 0 Å². The van der Waals surface area contributed by atoms with Crippen LogP contribution in [0.5, 0.6) is 0 Å². The summed E-state index contributed by atoms with van der Waals surface area (Å²) in [6, 6.07) is 0. The van der Waals surface area contributed by atoms with Crippen LogP contribution in [0.15, 0.2) is 12.2 Å². The topological polar surface area (TPSA) is 96.4 Å². The van der Waals surface area contributed by atoms with Crippen LogP contribution in [0.4, 0.5) is 0 Å². The number of rotatable bonds is 16. The molecule has 0 amide bonds. The fourth-order valence-electron chi connectivity index (χ4n) is 2.95. The number of hydrogen-bond acceptors (Lipinski definition) is 6. The Kier molecular flexibility index (Phi) is 13.0. The second-order valence-electron chi connectivity index (χ2n) is 7.21. The predicted octanol–water partition coefficient (Wildman–Crippen LogP) is 3.43. The lowest BCUT2D eigenvalue weighted by Crippen LogP contribution is -2.28. The molecule has 1 heterocycles. The van der Waals surface area contributed by atoms with Crippen LogP contribution in [0.25, 0.3) is 0 Å². The van der Waals surface area contributed by atoms with E-state index in [4.69, 9.17) is 14.9 Å². The fraction of sp³-hybridized carbons (Fsp3) is 0.810. The van der Waals surface area contributed by atoms with Crippen molar-refractivity contribution in [1.82, 2.24) is 0 Å². The molecule has 0 radical (unpaired) electrons. The lowest BCUT2D eigenvalue weighted by atomic mass is 10.1. The molecular formula is C21H36O6. The Bertz CT molecular complexity index is 448. The number of aliphatic hydroxyl groups excluding tert-OH is 2. The third-order valence-electron chi connectivity index (χ3n) is 4.73. The zero-order chi connectivity index (χ0) is 19.9. The number of ether oxygens (including phenoxy) is 2. The number of epoxide rings is 1. The van der Waals surface area contributed by atoms with E-state index in [1.807, 2.05) is 0 Å². The molecule has 156 valence electrons. The number of hydrogen-bond donors (Lipinski definition) is 2. The molecule has 1 fully saturated rings. The van der Waals surface area contributed by atoms with Gasteiger partial charge in [0, 0.05) is 6.42 Å². The van der Waals surface area contributed by atoms with Gasteiger partial charge in [0.1, 0.15) is 0 Å². The first-order valence-electron chi connectivity index (χ1n) is 10.4. The Balaban J connectivity index is 1.88. The zero-order valence-corrected chi connectivity index (χ0v) is 16.6. The Morgan fingerprint density at radius 2 is 1.78 bits per heavy atom. The second kappa shape index (κ2) is 14.8. The molecule has 0 spiro atoms. The lowest BCUT2D eigenvalue weighted by Gasteiger charge is -2.06. The smallest absolute Gasteiger partial charge is 0.345 e. The third kappa shape index (κ3) is 12.0. The predicted molar refractivity (Wildman–Crippen MR) is 103 cm³/mol. The maximum Gasteiger partial charge on any atom is 0.345 e. The van der Waals surface area contributed by atoms with Gasteiger partial charge in [0.15, 0.2) is 6.10 Å². The van der Waals surface area contributed by atoms with Gasteiger partial charge in [0.25, 0.3) is 0 Å². The maximum atomic E-state index is 11.4. The highest BCUT2D eigenvalue weighted by Crippen LogP contribution is 2.30. The Hall–Kier alpha value is -1.24. The highest BCUT2D eigenvalue weighted by atomic mass is 16.6. The van der Waals surface area contributed by atoms with Crippen LogP contribution in [0.1, 0.15) is 84.0 Å². The number of allylic oxidation sites excluding steroid dienone is 1. The summed E-state index contributed by atoms with van der Waals surface area (Å²) in [5, 5.41) is 17.6. The van der Waals surface area contributed by atoms with E-state index in [-0.39, 0.29) is 6.42 Å². The Morgan fingerprint density at radius 3 is 2.52 bits per heavy atom. The Labute approximate surface area is 162 Å². The molecule has 3 unspecified atom stereocenters. The largest absolute Gasteiger partial charge is 0.393 e. The quantitative estimate of drug-likeness (QED) is 0.139. The summed E-state index contributed by atoms with van der Waals surface area (Å²) >= 11 is 0. The van der Waals surface area contributed by atoms with E-state index in [0.717, 1.165) is 38.5 Å². The van der Waals surface area contributed by atoms with Crippen molar-refractivity contribution in [2.45, 2.75) is 102 Å². The van der Waals surface area contributed by atoms with Gasteiger partial charge in [-0.05, 0) is 32.1 Å². The zero-order valence-electron chi connectivity index (χ0n) is 16.6. The Morgan fingerprint density at radius 1 is 1.04 bits per heavy atom. The number of unbranched alkanes of at least 4 members (excludes halogenated alkanes) is 7. The summed E-state index contributed by atoms with van der Waals surface area (Å²) in [4.78, 5) is 22.5. The molecule has 0 aliphatic carbocycles. The average molecular weight is 385 g/mol. The van der Waals surface area contributed by atoms with Crippen LogP contribution >= 0.6 is 0 Å². The third-order valence-corrected chi connectivity index (χ3v) is 4.73. The maximum absolute atomic E-state index is 11.4. The summed E-state index contributed by atoms with van der Waals surface area (Å²) in [7, 11) is 0. The van der Waals surface area contributed by atoms with E-state index >= 15 is 0 Å². The van der Waals surface area contributed by atoms with Gasteiger partial charge in [-0.1, -0.05) is 57.6 Å². The van der Waals surface area contributed by atoms with Crippen LogP contribution < -0.4 is 0 Å². The standard InChI is InChI=1S/C21H36O6/c1-2-3-4-5-7-10-13-18-19(26-18)14-11-8-6-9-12-15-20(24)27-21(25)17(23)16-22/h7,10,17-19,22-23H,2-6,8-9,11-16H2,1H3/b10-7-. The first-order valence-corrected chi connectivity index (χ1v) is 10.4. The van der Waals surface area contributed by atoms with Gasteiger partial charge in [0.05, 0.1) is 18.8 Å². The molecule has 1 rings (SSSR count). The molecule has 0 saturated carbocycles. The number of carbonyl (C=O) groups is 2. The minimum atomic E-state index is -1.64. The first-order chi connectivity index (χ1) is 13.1. The van der Waals surface area contributed by atoms with Crippen molar-refractivity contribution in [3.8, 4) is 0 Å².